The second-order valence-corrected chi connectivity index (χ2v) is 15.8. The topological polar surface area (TPSA) is 0 Å². The fraction of sp³-hybridized carbons (Fsp3) is 0.692. The van der Waals surface area contributed by atoms with Crippen LogP contribution in [0.2, 0.25) is 0 Å². The first-order valence-corrected chi connectivity index (χ1v) is 16.7. The predicted molar refractivity (Wildman–Crippen MR) is 128 cm³/mol. The molecule has 0 bridgehead atoms. The first-order valence-electron chi connectivity index (χ1n) is 10.4. The average molecular weight is 517 g/mol. The molecule has 0 N–H and O–H groups in total. The van der Waals surface area contributed by atoms with Crippen molar-refractivity contribution in [2.45, 2.75) is 83.1 Å². The summed E-state index contributed by atoms with van der Waals surface area (Å²) in [6.07, 6.45) is 20.0. The monoisotopic (exact) mass is 514 g/mol. The number of halogens is 2. The zero-order valence-electron chi connectivity index (χ0n) is 20.7. The normalized spacial score (nSPS) is 19.2. The molecule has 0 nitrogen and oxygen atoms in total. The van der Waals surface area contributed by atoms with E-state index in [1.165, 1.54) is 0 Å². The third-order valence-electron chi connectivity index (χ3n) is 6.24. The summed E-state index contributed by atoms with van der Waals surface area (Å²) in [4.78, 5) is 0. The molecule has 0 saturated carbocycles. The molecule has 0 spiro atoms. The van der Waals surface area contributed by atoms with Crippen LogP contribution in [-0.2, 0) is 20.8 Å². The molecule has 0 aromatic heterocycles. The summed E-state index contributed by atoms with van der Waals surface area (Å²) < 4.78 is 0. The number of allylic oxidation sites excluding steroid dienone is 8. The second kappa shape index (κ2) is 10.4. The van der Waals surface area contributed by atoms with E-state index in [2.05, 4.69) is 132 Å². The molecule has 164 valence electrons. The van der Waals surface area contributed by atoms with Gasteiger partial charge in [0, 0.05) is 0 Å². The van der Waals surface area contributed by atoms with Crippen LogP contribution in [0.4, 0.5) is 0 Å². The SMILES string of the molecule is CC(C)(C)C1(C(C)(C)C)[C-]=CC=C1.CC(C)(C)C1(C(C)(C)C)[C-]=CC=C1.[Cl][Zr+2][Cl]. The van der Waals surface area contributed by atoms with Crippen LogP contribution in [-0.4, -0.2) is 0 Å². The van der Waals surface area contributed by atoms with Crippen molar-refractivity contribution in [3.63, 3.8) is 0 Å². The molecule has 0 radical (unpaired) electrons. The Morgan fingerprint density at radius 2 is 0.759 bits per heavy atom. The fourth-order valence-corrected chi connectivity index (χ4v) is 4.96. The molecule has 0 atom stereocenters. The standard InChI is InChI=1S/2C13H21.2ClH.Zr/c2*1-11(2,3)13(12(4,5)6)9-7-8-10-13;;;/h2*7-9H,1-6H3;2*1H;/q2*-1;;;+4/p-2. The van der Waals surface area contributed by atoms with Gasteiger partial charge in [-0.2, -0.15) is 12.2 Å². The molecule has 2 aliphatic carbocycles. The van der Waals surface area contributed by atoms with E-state index in [1.54, 1.807) is 0 Å². The van der Waals surface area contributed by atoms with Crippen molar-refractivity contribution in [3.8, 4) is 0 Å². The fourth-order valence-electron chi connectivity index (χ4n) is 4.96. The van der Waals surface area contributed by atoms with Crippen molar-refractivity contribution in [2.75, 3.05) is 0 Å². The number of hydrogen-bond donors (Lipinski definition) is 0. The van der Waals surface area contributed by atoms with Gasteiger partial charge in [-0.3, -0.25) is 12.2 Å². The maximum atomic E-state index is 4.93. The van der Waals surface area contributed by atoms with Gasteiger partial charge >= 0.3 is 37.9 Å². The van der Waals surface area contributed by atoms with Gasteiger partial charge < -0.3 is 0 Å². The summed E-state index contributed by atoms with van der Waals surface area (Å²) in [5.41, 5.74) is 1.09. The molecule has 0 aromatic rings. The van der Waals surface area contributed by atoms with Crippen LogP contribution in [0.25, 0.3) is 0 Å². The number of hydrogen-bond acceptors (Lipinski definition) is 0. The minimum absolute atomic E-state index is 0.0833. The zero-order chi connectivity index (χ0) is 23.4. The van der Waals surface area contributed by atoms with Gasteiger partial charge in [-0.15, -0.1) is 0 Å². The van der Waals surface area contributed by atoms with Crippen LogP contribution in [0.5, 0.6) is 0 Å². The molecule has 0 fully saturated rings. The van der Waals surface area contributed by atoms with Gasteiger partial charge in [-0.05, 0) is 21.7 Å². The number of rotatable bonds is 0. The van der Waals surface area contributed by atoms with Crippen LogP contribution in [0.3, 0.4) is 0 Å². The van der Waals surface area contributed by atoms with E-state index in [-0.39, 0.29) is 32.5 Å². The predicted octanol–water partition coefficient (Wildman–Crippen LogP) is 9.36. The maximum absolute atomic E-state index is 4.93. The quantitative estimate of drug-likeness (QED) is 0.281. The van der Waals surface area contributed by atoms with Crippen molar-refractivity contribution in [2.24, 2.45) is 32.5 Å². The second-order valence-electron chi connectivity index (χ2n) is 12.0. The molecule has 2 aliphatic rings. The Labute approximate surface area is 201 Å². The van der Waals surface area contributed by atoms with E-state index in [9.17, 15) is 0 Å². The Morgan fingerprint density at radius 1 is 0.552 bits per heavy atom. The van der Waals surface area contributed by atoms with Gasteiger partial charge in [-0.25, -0.2) is 24.3 Å². The molecule has 2 rings (SSSR count). The summed E-state index contributed by atoms with van der Waals surface area (Å²) in [7, 11) is 9.87. The minimum atomic E-state index is -0.826. The summed E-state index contributed by atoms with van der Waals surface area (Å²) in [6, 6.07) is 0. The average Bonchev–Trinajstić information content (AvgIpc) is 3.17. The molecule has 0 aromatic carbocycles. The van der Waals surface area contributed by atoms with Crippen molar-refractivity contribution in [3.05, 3.63) is 48.6 Å². The van der Waals surface area contributed by atoms with Crippen molar-refractivity contribution < 1.29 is 20.8 Å². The van der Waals surface area contributed by atoms with Crippen molar-refractivity contribution >= 4 is 17.0 Å². The van der Waals surface area contributed by atoms with Gasteiger partial charge in [0.2, 0.25) is 0 Å². The van der Waals surface area contributed by atoms with Crippen LogP contribution in [0, 0.1) is 44.6 Å². The van der Waals surface area contributed by atoms with Gasteiger partial charge in [0.25, 0.3) is 0 Å². The van der Waals surface area contributed by atoms with Crippen LogP contribution in [0.1, 0.15) is 83.1 Å². The van der Waals surface area contributed by atoms with E-state index < -0.39 is 20.8 Å². The van der Waals surface area contributed by atoms with Crippen molar-refractivity contribution in [1.82, 2.24) is 0 Å². The van der Waals surface area contributed by atoms with E-state index in [1.807, 2.05) is 0 Å². The van der Waals surface area contributed by atoms with Gasteiger partial charge in [0.1, 0.15) is 0 Å². The van der Waals surface area contributed by atoms with Gasteiger partial charge in [0.05, 0.1) is 0 Å². The van der Waals surface area contributed by atoms with E-state index in [0.717, 1.165) is 0 Å². The molecule has 0 saturated heterocycles. The summed E-state index contributed by atoms with van der Waals surface area (Å²) >= 11 is -0.826. The molecular formula is C26H42Cl2Zr. The summed E-state index contributed by atoms with van der Waals surface area (Å²) in [6.45, 7) is 27.4. The van der Waals surface area contributed by atoms with Gasteiger partial charge in [-0.1, -0.05) is 93.9 Å². The summed E-state index contributed by atoms with van der Waals surface area (Å²) in [5.74, 6) is 0. The Balaban J connectivity index is 0.000000477. The van der Waals surface area contributed by atoms with E-state index in [4.69, 9.17) is 17.0 Å². The first kappa shape index (κ1) is 29.4. The molecule has 0 heterocycles. The van der Waals surface area contributed by atoms with Crippen molar-refractivity contribution in [1.29, 1.82) is 0 Å². The molecule has 0 amide bonds. The molecular weight excluding hydrogens is 474 g/mol. The van der Waals surface area contributed by atoms with E-state index in [0.29, 0.717) is 0 Å². The Kier molecular flexibility index (Phi) is 10.5. The zero-order valence-corrected chi connectivity index (χ0v) is 24.7. The molecule has 0 unspecified atom stereocenters. The third-order valence-corrected chi connectivity index (χ3v) is 6.24. The van der Waals surface area contributed by atoms with Crippen LogP contribution in [0.15, 0.2) is 36.5 Å². The Morgan fingerprint density at radius 3 is 0.828 bits per heavy atom. The summed E-state index contributed by atoms with van der Waals surface area (Å²) in [5, 5.41) is 0. The molecule has 29 heavy (non-hydrogen) atoms. The van der Waals surface area contributed by atoms with E-state index >= 15 is 0 Å². The van der Waals surface area contributed by atoms with Gasteiger partial charge in [0.15, 0.2) is 0 Å². The molecule has 0 aliphatic heterocycles. The first-order chi connectivity index (χ1) is 12.8. The Hall–Kier alpha value is 0.423. The Bertz CT molecular complexity index is 512. The van der Waals surface area contributed by atoms with Crippen LogP contribution >= 0.6 is 17.0 Å². The third kappa shape index (κ3) is 6.70. The van der Waals surface area contributed by atoms with Crippen LogP contribution < -0.4 is 0 Å². The molecule has 3 heteroatoms.